The third-order valence-electron chi connectivity index (χ3n) is 4.12. The van der Waals surface area contributed by atoms with Crippen molar-refractivity contribution in [3.63, 3.8) is 0 Å². The molecule has 128 valence electrons. The molecular weight excluding hydrogens is 328 g/mol. The molecule has 1 aromatic carbocycles. The molecule has 0 aliphatic carbocycles. The largest absolute Gasteiger partial charge is 0.392 e. The number of nitrogens with two attached hydrogens (primary N) is 1. The summed E-state index contributed by atoms with van der Waals surface area (Å²) in [6.45, 7) is 0.747. The molecule has 7 nitrogen and oxygen atoms in total. The van der Waals surface area contributed by atoms with Crippen molar-refractivity contribution in [3.05, 3.63) is 42.2 Å². The third-order valence-corrected chi connectivity index (χ3v) is 6.01. The fraction of sp³-hybridized carbons (Fsp3) is 0.375. The van der Waals surface area contributed by atoms with Crippen molar-refractivity contribution in [1.29, 1.82) is 0 Å². The van der Waals surface area contributed by atoms with Crippen LogP contribution in [-0.4, -0.2) is 46.9 Å². The quantitative estimate of drug-likeness (QED) is 0.844. The van der Waals surface area contributed by atoms with Crippen LogP contribution in [0.2, 0.25) is 0 Å². The van der Waals surface area contributed by atoms with Crippen LogP contribution in [0.15, 0.2) is 41.6 Å². The molecule has 1 aliphatic heterocycles. The summed E-state index contributed by atoms with van der Waals surface area (Å²) in [7, 11) is -3.55. The number of aliphatic hydroxyl groups is 1. The minimum atomic E-state index is -3.55. The molecule has 1 aromatic heterocycles. The topological polar surface area (TPSA) is 109 Å². The predicted molar refractivity (Wildman–Crippen MR) is 89.4 cm³/mol. The lowest BCUT2D eigenvalue weighted by Gasteiger charge is -2.29. The van der Waals surface area contributed by atoms with Crippen molar-refractivity contribution in [2.75, 3.05) is 13.1 Å². The number of rotatable bonds is 4. The normalized spacial score (nSPS) is 17.1. The molecule has 0 radical (unpaired) electrons. The minimum Gasteiger partial charge on any atom is -0.392 e. The van der Waals surface area contributed by atoms with Crippen LogP contribution in [0, 0.1) is 0 Å². The number of nitrogens with zero attached hydrogens (tertiary/aromatic N) is 3. The first-order valence-electron chi connectivity index (χ1n) is 7.78. The van der Waals surface area contributed by atoms with E-state index in [4.69, 9.17) is 10.8 Å². The van der Waals surface area contributed by atoms with E-state index in [0.29, 0.717) is 42.9 Å². The van der Waals surface area contributed by atoms with Crippen LogP contribution in [0.25, 0.3) is 11.4 Å². The van der Waals surface area contributed by atoms with Crippen molar-refractivity contribution in [1.82, 2.24) is 14.3 Å². The van der Waals surface area contributed by atoms with Gasteiger partial charge in [0.2, 0.25) is 10.0 Å². The van der Waals surface area contributed by atoms with E-state index in [1.165, 1.54) is 16.7 Å². The van der Waals surface area contributed by atoms with Gasteiger partial charge in [-0.3, -0.25) is 0 Å². The van der Waals surface area contributed by atoms with Crippen molar-refractivity contribution < 1.29 is 13.5 Å². The van der Waals surface area contributed by atoms with Gasteiger partial charge in [0.05, 0.1) is 11.5 Å². The maximum Gasteiger partial charge on any atom is 0.243 e. The standard InChI is InChI=1S/C16H20N4O3S/c17-14-4-6-20(7-5-14)24(22,23)15-3-1-2-13(8-15)16-18-9-12(11-21)10-19-16/h1-3,8-10,14,21H,4-7,11,17H2. The second-order valence-electron chi connectivity index (χ2n) is 5.84. The van der Waals surface area contributed by atoms with Gasteiger partial charge in [-0.2, -0.15) is 4.31 Å². The van der Waals surface area contributed by atoms with Crippen LogP contribution in [-0.2, 0) is 16.6 Å². The summed E-state index contributed by atoms with van der Waals surface area (Å²) in [6.07, 6.45) is 4.39. The van der Waals surface area contributed by atoms with Gasteiger partial charge in [0, 0.05) is 42.7 Å². The number of hydrogen-bond acceptors (Lipinski definition) is 6. The van der Waals surface area contributed by atoms with Gasteiger partial charge in [-0.25, -0.2) is 18.4 Å². The molecular formula is C16H20N4O3S. The van der Waals surface area contributed by atoms with Crippen molar-refractivity contribution in [2.24, 2.45) is 5.73 Å². The van der Waals surface area contributed by atoms with Crippen LogP contribution >= 0.6 is 0 Å². The molecule has 0 saturated carbocycles. The number of aromatic nitrogens is 2. The Kier molecular flexibility index (Phi) is 4.91. The third kappa shape index (κ3) is 3.46. The molecule has 0 amide bonds. The van der Waals surface area contributed by atoms with Gasteiger partial charge in [0.15, 0.2) is 5.82 Å². The zero-order valence-electron chi connectivity index (χ0n) is 13.2. The molecule has 1 fully saturated rings. The first-order chi connectivity index (χ1) is 11.5. The number of aliphatic hydroxyl groups excluding tert-OH is 1. The monoisotopic (exact) mass is 348 g/mol. The second kappa shape index (κ2) is 6.94. The van der Waals surface area contributed by atoms with Gasteiger partial charge < -0.3 is 10.8 Å². The van der Waals surface area contributed by atoms with E-state index in [0.717, 1.165) is 0 Å². The summed E-state index contributed by atoms with van der Waals surface area (Å²) in [5, 5.41) is 9.04. The average Bonchev–Trinajstić information content (AvgIpc) is 2.62. The van der Waals surface area contributed by atoms with Gasteiger partial charge in [0.1, 0.15) is 0 Å². The lowest BCUT2D eigenvalue weighted by Crippen LogP contribution is -2.42. The van der Waals surface area contributed by atoms with Gasteiger partial charge in [-0.15, -0.1) is 0 Å². The zero-order chi connectivity index (χ0) is 17.2. The molecule has 0 spiro atoms. The lowest BCUT2D eigenvalue weighted by atomic mass is 10.1. The van der Waals surface area contributed by atoms with Crippen molar-refractivity contribution >= 4 is 10.0 Å². The molecule has 1 aliphatic rings. The van der Waals surface area contributed by atoms with Crippen LogP contribution in [0.3, 0.4) is 0 Å². The summed E-state index contributed by atoms with van der Waals surface area (Å²) < 4.78 is 27.1. The molecule has 0 unspecified atom stereocenters. The Labute approximate surface area is 141 Å². The maximum absolute atomic E-state index is 12.8. The van der Waals surface area contributed by atoms with E-state index in [1.807, 2.05) is 0 Å². The average molecular weight is 348 g/mol. The van der Waals surface area contributed by atoms with E-state index >= 15 is 0 Å². The SMILES string of the molecule is NC1CCN(S(=O)(=O)c2cccc(-c3ncc(CO)cn3)c2)CC1. The molecule has 8 heteroatoms. The Hall–Kier alpha value is -1.87. The van der Waals surface area contributed by atoms with Crippen LogP contribution < -0.4 is 5.73 Å². The highest BCUT2D eigenvalue weighted by Gasteiger charge is 2.28. The van der Waals surface area contributed by atoms with Crippen molar-refractivity contribution in [3.8, 4) is 11.4 Å². The zero-order valence-corrected chi connectivity index (χ0v) is 14.0. The summed E-state index contributed by atoms with van der Waals surface area (Å²) in [4.78, 5) is 8.57. The summed E-state index contributed by atoms with van der Waals surface area (Å²) in [6, 6.07) is 6.68. The Morgan fingerprint density at radius 2 is 1.88 bits per heavy atom. The summed E-state index contributed by atoms with van der Waals surface area (Å²) in [5.41, 5.74) is 7.07. The lowest BCUT2D eigenvalue weighted by molar-refractivity contribution is 0.281. The first-order valence-corrected chi connectivity index (χ1v) is 9.22. The maximum atomic E-state index is 12.8. The molecule has 2 heterocycles. The minimum absolute atomic E-state index is 0.0706. The Morgan fingerprint density at radius 1 is 1.21 bits per heavy atom. The van der Waals surface area contributed by atoms with Crippen LogP contribution in [0.1, 0.15) is 18.4 Å². The second-order valence-corrected chi connectivity index (χ2v) is 7.78. The van der Waals surface area contributed by atoms with Gasteiger partial charge >= 0.3 is 0 Å². The van der Waals surface area contributed by atoms with Gasteiger partial charge in [-0.05, 0) is 25.0 Å². The fourth-order valence-electron chi connectivity index (χ4n) is 2.65. The summed E-state index contributed by atoms with van der Waals surface area (Å²) >= 11 is 0. The highest BCUT2D eigenvalue weighted by Crippen LogP contribution is 2.24. The number of benzene rings is 1. The molecule has 0 atom stereocenters. The van der Waals surface area contributed by atoms with Crippen molar-refractivity contribution in [2.45, 2.75) is 30.4 Å². The molecule has 24 heavy (non-hydrogen) atoms. The summed E-state index contributed by atoms with van der Waals surface area (Å²) in [5.74, 6) is 0.421. The van der Waals surface area contributed by atoms with E-state index in [1.54, 1.807) is 24.3 Å². The van der Waals surface area contributed by atoms with Crippen LogP contribution in [0.5, 0.6) is 0 Å². The van der Waals surface area contributed by atoms with E-state index in [-0.39, 0.29) is 17.5 Å². The molecule has 1 saturated heterocycles. The van der Waals surface area contributed by atoms with E-state index < -0.39 is 10.0 Å². The highest BCUT2D eigenvalue weighted by molar-refractivity contribution is 7.89. The smallest absolute Gasteiger partial charge is 0.243 e. The van der Waals surface area contributed by atoms with Gasteiger partial charge in [-0.1, -0.05) is 12.1 Å². The van der Waals surface area contributed by atoms with E-state index in [2.05, 4.69) is 9.97 Å². The molecule has 3 N–H and O–H groups in total. The Morgan fingerprint density at radius 3 is 2.50 bits per heavy atom. The number of hydrogen-bond donors (Lipinski definition) is 2. The number of piperidine rings is 1. The van der Waals surface area contributed by atoms with Crippen LogP contribution in [0.4, 0.5) is 0 Å². The van der Waals surface area contributed by atoms with E-state index in [9.17, 15) is 8.42 Å². The Balaban J connectivity index is 1.89. The fourth-order valence-corrected chi connectivity index (χ4v) is 4.16. The van der Waals surface area contributed by atoms with Gasteiger partial charge in [0.25, 0.3) is 0 Å². The molecule has 2 aromatic rings. The molecule has 3 rings (SSSR count). The number of sulfonamides is 1. The Bertz CT molecular complexity index is 800. The first kappa shape index (κ1) is 17.0. The predicted octanol–water partition coefficient (Wildman–Crippen LogP) is 0.748. The molecule has 0 bridgehead atoms. The highest BCUT2D eigenvalue weighted by atomic mass is 32.2.